The Balaban J connectivity index is 1.92. The average molecular weight is 361 g/mol. The Morgan fingerprint density at radius 2 is 1.94 bits per heavy atom. The topological polar surface area (TPSA) is 20.3 Å². The van der Waals surface area contributed by atoms with Gasteiger partial charge in [-0.05, 0) is 43.0 Å². The number of nitrogens with zero attached hydrogens (tertiary/aromatic N) is 1. The molecule has 0 aromatic heterocycles. The van der Waals surface area contributed by atoms with Gasteiger partial charge in [0.2, 0.25) is 0 Å². The van der Waals surface area contributed by atoms with Crippen LogP contribution in [0.1, 0.15) is 23.2 Å². The van der Waals surface area contributed by atoms with E-state index in [0.717, 1.165) is 16.6 Å². The normalized spacial score (nSPS) is 23.0. The number of benzene rings is 1. The number of hydrogen-bond donors (Lipinski definition) is 0. The molecule has 0 bridgehead atoms. The Morgan fingerprint density at radius 1 is 1.35 bits per heavy atom. The van der Waals surface area contributed by atoms with Gasteiger partial charge in [-0.3, -0.25) is 4.79 Å². The first-order valence-corrected chi connectivity index (χ1v) is 7.42. The number of carbonyl (C=O) groups is 1. The third-order valence-corrected chi connectivity index (χ3v) is 4.42. The SMILES string of the molecule is CN(CC1CC(Br)C1)C(=O)c1ccc(Br)cc1. The zero-order valence-electron chi connectivity index (χ0n) is 9.70. The van der Waals surface area contributed by atoms with E-state index in [1.165, 1.54) is 12.8 Å². The lowest BCUT2D eigenvalue weighted by molar-refractivity contribution is 0.0749. The fourth-order valence-electron chi connectivity index (χ4n) is 2.09. The summed E-state index contributed by atoms with van der Waals surface area (Å²) in [6.45, 7) is 0.858. The fraction of sp³-hybridized carbons (Fsp3) is 0.462. The number of halogens is 2. The van der Waals surface area contributed by atoms with Gasteiger partial charge in [-0.1, -0.05) is 31.9 Å². The maximum atomic E-state index is 12.1. The number of rotatable bonds is 3. The molecule has 1 aliphatic carbocycles. The first kappa shape index (κ1) is 13.1. The van der Waals surface area contributed by atoms with E-state index in [9.17, 15) is 4.79 Å². The van der Waals surface area contributed by atoms with E-state index in [2.05, 4.69) is 31.9 Å². The minimum absolute atomic E-state index is 0.107. The lowest BCUT2D eigenvalue weighted by atomic mass is 9.85. The molecule has 1 aromatic rings. The summed E-state index contributed by atoms with van der Waals surface area (Å²) >= 11 is 6.94. The Hall–Kier alpha value is -0.350. The van der Waals surface area contributed by atoms with Crippen molar-refractivity contribution in [3.8, 4) is 0 Å². The zero-order chi connectivity index (χ0) is 12.4. The van der Waals surface area contributed by atoms with E-state index in [1.807, 2.05) is 36.2 Å². The number of amides is 1. The maximum Gasteiger partial charge on any atom is 0.253 e. The Morgan fingerprint density at radius 3 is 2.47 bits per heavy atom. The van der Waals surface area contributed by atoms with Gasteiger partial charge in [-0.25, -0.2) is 0 Å². The van der Waals surface area contributed by atoms with Crippen molar-refractivity contribution in [2.45, 2.75) is 17.7 Å². The molecule has 92 valence electrons. The van der Waals surface area contributed by atoms with Gasteiger partial charge in [0.15, 0.2) is 0 Å². The van der Waals surface area contributed by atoms with Gasteiger partial charge in [0.05, 0.1) is 0 Å². The molecule has 1 aromatic carbocycles. The summed E-state index contributed by atoms with van der Waals surface area (Å²) in [6.07, 6.45) is 2.36. The predicted molar refractivity (Wildman–Crippen MR) is 76.5 cm³/mol. The standard InChI is InChI=1S/C13H15Br2NO/c1-16(8-9-6-12(15)7-9)13(17)10-2-4-11(14)5-3-10/h2-5,9,12H,6-8H2,1H3. The lowest BCUT2D eigenvalue weighted by Gasteiger charge is -2.34. The molecule has 0 atom stereocenters. The smallest absolute Gasteiger partial charge is 0.253 e. The molecule has 0 spiro atoms. The van der Waals surface area contributed by atoms with Crippen LogP contribution >= 0.6 is 31.9 Å². The zero-order valence-corrected chi connectivity index (χ0v) is 12.9. The number of alkyl halides is 1. The molecule has 1 amide bonds. The molecule has 2 nitrogen and oxygen atoms in total. The van der Waals surface area contributed by atoms with Crippen LogP contribution in [-0.4, -0.2) is 29.2 Å². The van der Waals surface area contributed by atoms with Gasteiger partial charge in [0.1, 0.15) is 0 Å². The molecule has 1 aliphatic rings. The van der Waals surface area contributed by atoms with Gasteiger partial charge < -0.3 is 4.90 Å². The van der Waals surface area contributed by atoms with Gasteiger partial charge >= 0.3 is 0 Å². The monoisotopic (exact) mass is 359 g/mol. The third kappa shape index (κ3) is 3.32. The summed E-state index contributed by atoms with van der Waals surface area (Å²) in [5.74, 6) is 0.763. The molecule has 4 heteroatoms. The maximum absolute atomic E-state index is 12.1. The van der Waals surface area contributed by atoms with Gasteiger partial charge in [0, 0.05) is 28.5 Å². The van der Waals surface area contributed by atoms with Crippen LogP contribution < -0.4 is 0 Å². The van der Waals surface area contributed by atoms with E-state index in [-0.39, 0.29) is 5.91 Å². The van der Waals surface area contributed by atoms with Crippen molar-refractivity contribution in [3.05, 3.63) is 34.3 Å². The molecule has 2 rings (SSSR count). The summed E-state index contributed by atoms with van der Waals surface area (Å²) < 4.78 is 0.998. The third-order valence-electron chi connectivity index (χ3n) is 3.15. The first-order chi connectivity index (χ1) is 8.06. The summed E-state index contributed by atoms with van der Waals surface area (Å²) in [5.41, 5.74) is 0.755. The molecular weight excluding hydrogens is 346 g/mol. The molecular formula is C13H15Br2NO. The second kappa shape index (κ2) is 5.53. The Bertz CT molecular complexity index is 398. The van der Waals surface area contributed by atoms with Crippen LogP contribution in [0, 0.1) is 5.92 Å². The van der Waals surface area contributed by atoms with Crippen LogP contribution in [0.15, 0.2) is 28.7 Å². The average Bonchev–Trinajstić information content (AvgIpc) is 2.27. The van der Waals surface area contributed by atoms with Crippen molar-refractivity contribution in [1.82, 2.24) is 4.90 Å². The Kier molecular flexibility index (Phi) is 4.26. The van der Waals surface area contributed by atoms with Crippen LogP contribution in [0.5, 0.6) is 0 Å². The first-order valence-electron chi connectivity index (χ1n) is 5.71. The van der Waals surface area contributed by atoms with Crippen LogP contribution in [0.4, 0.5) is 0 Å². The number of hydrogen-bond acceptors (Lipinski definition) is 1. The summed E-state index contributed by atoms with van der Waals surface area (Å²) in [5, 5.41) is 0. The van der Waals surface area contributed by atoms with Crippen molar-refractivity contribution in [2.24, 2.45) is 5.92 Å². The van der Waals surface area contributed by atoms with Crippen molar-refractivity contribution < 1.29 is 4.79 Å². The largest absolute Gasteiger partial charge is 0.341 e. The van der Waals surface area contributed by atoms with Crippen molar-refractivity contribution >= 4 is 37.8 Å². The highest BCUT2D eigenvalue weighted by molar-refractivity contribution is 9.10. The molecule has 17 heavy (non-hydrogen) atoms. The van der Waals surface area contributed by atoms with Crippen LogP contribution in [0.2, 0.25) is 0 Å². The van der Waals surface area contributed by atoms with Crippen LogP contribution in [0.3, 0.4) is 0 Å². The molecule has 1 fully saturated rings. The van der Waals surface area contributed by atoms with Crippen LogP contribution in [-0.2, 0) is 0 Å². The minimum atomic E-state index is 0.107. The molecule has 0 saturated heterocycles. The quantitative estimate of drug-likeness (QED) is 0.752. The van der Waals surface area contributed by atoms with Crippen LogP contribution in [0.25, 0.3) is 0 Å². The summed E-state index contributed by atoms with van der Waals surface area (Å²) in [6, 6.07) is 7.52. The molecule has 0 unspecified atom stereocenters. The molecule has 0 heterocycles. The summed E-state index contributed by atoms with van der Waals surface area (Å²) in [7, 11) is 1.88. The van der Waals surface area contributed by atoms with Gasteiger partial charge in [-0.2, -0.15) is 0 Å². The van der Waals surface area contributed by atoms with Crippen molar-refractivity contribution in [1.29, 1.82) is 0 Å². The van der Waals surface area contributed by atoms with E-state index >= 15 is 0 Å². The molecule has 0 N–H and O–H groups in total. The highest BCUT2D eigenvalue weighted by Gasteiger charge is 2.28. The van der Waals surface area contributed by atoms with E-state index in [4.69, 9.17) is 0 Å². The fourth-order valence-corrected chi connectivity index (χ4v) is 3.41. The van der Waals surface area contributed by atoms with Gasteiger partial charge in [0.25, 0.3) is 5.91 Å². The number of carbonyl (C=O) groups excluding carboxylic acids is 1. The van der Waals surface area contributed by atoms with Gasteiger partial charge in [-0.15, -0.1) is 0 Å². The van der Waals surface area contributed by atoms with E-state index < -0.39 is 0 Å². The van der Waals surface area contributed by atoms with E-state index in [0.29, 0.717) is 10.7 Å². The highest BCUT2D eigenvalue weighted by Crippen LogP contribution is 2.33. The van der Waals surface area contributed by atoms with Crippen molar-refractivity contribution in [3.63, 3.8) is 0 Å². The minimum Gasteiger partial charge on any atom is -0.341 e. The Labute approximate surface area is 119 Å². The molecule has 1 saturated carbocycles. The second-order valence-electron chi connectivity index (χ2n) is 4.63. The molecule has 0 aliphatic heterocycles. The summed E-state index contributed by atoms with van der Waals surface area (Å²) in [4.78, 5) is 14.6. The highest BCUT2D eigenvalue weighted by atomic mass is 79.9. The predicted octanol–water partition coefficient (Wildman–Crippen LogP) is 3.69. The molecule has 0 radical (unpaired) electrons. The second-order valence-corrected chi connectivity index (χ2v) is 6.84. The van der Waals surface area contributed by atoms with Crippen molar-refractivity contribution in [2.75, 3.05) is 13.6 Å². The lowest BCUT2D eigenvalue weighted by Crippen LogP contribution is -2.37. The van der Waals surface area contributed by atoms with E-state index in [1.54, 1.807) is 0 Å².